The minimum atomic E-state index is 0.912. The van der Waals surface area contributed by atoms with Gasteiger partial charge in [-0.3, -0.25) is 0 Å². The number of hydrogen-bond donors (Lipinski definition) is 0. The number of fused-ring (bicyclic) bond motifs is 2. The van der Waals surface area contributed by atoms with Crippen LogP contribution in [0, 0.1) is 5.92 Å². The lowest BCUT2D eigenvalue weighted by molar-refractivity contribution is 0.138. The summed E-state index contributed by atoms with van der Waals surface area (Å²) in [7, 11) is 2.38. The SMILES string of the molecule is CC[C@@H]1CCC[C@@H]2CCCC[C@@H]1N2C. The predicted octanol–water partition coefficient (Wildman–Crippen LogP) is 3.44. The lowest BCUT2D eigenvalue weighted by Crippen LogP contribution is -2.40. The van der Waals surface area contributed by atoms with Gasteiger partial charge in [0.15, 0.2) is 0 Å². The van der Waals surface area contributed by atoms with E-state index in [-0.39, 0.29) is 0 Å². The largest absolute Gasteiger partial charge is 0.300 e. The zero-order chi connectivity index (χ0) is 9.97. The van der Waals surface area contributed by atoms with Gasteiger partial charge >= 0.3 is 0 Å². The third kappa shape index (κ3) is 1.98. The van der Waals surface area contributed by atoms with Crippen LogP contribution in [0.5, 0.6) is 0 Å². The van der Waals surface area contributed by atoms with E-state index in [9.17, 15) is 0 Å². The van der Waals surface area contributed by atoms with Gasteiger partial charge in [-0.05, 0) is 38.6 Å². The Morgan fingerprint density at radius 3 is 2.50 bits per heavy atom. The van der Waals surface area contributed by atoms with Gasteiger partial charge in [0.05, 0.1) is 0 Å². The molecule has 2 bridgehead atoms. The molecule has 0 aromatic carbocycles. The molecule has 1 nitrogen and oxygen atoms in total. The molecule has 0 aromatic heterocycles. The first-order valence-electron chi connectivity index (χ1n) is 6.55. The second-order valence-electron chi connectivity index (χ2n) is 5.27. The van der Waals surface area contributed by atoms with Crippen LogP contribution in [0.25, 0.3) is 0 Å². The van der Waals surface area contributed by atoms with Crippen molar-refractivity contribution in [2.75, 3.05) is 7.05 Å². The standard InChI is InChI=1S/C13H25N/c1-3-11-7-6-9-12-8-4-5-10-13(11)14(12)2/h11-13H,3-10H2,1-2H3/t11-,12+,13+/m1/s1. The van der Waals surface area contributed by atoms with Crippen LogP contribution in [0.2, 0.25) is 0 Å². The van der Waals surface area contributed by atoms with Crippen LogP contribution in [0.4, 0.5) is 0 Å². The third-order valence-corrected chi connectivity index (χ3v) is 4.57. The van der Waals surface area contributed by atoms with Crippen molar-refractivity contribution in [1.82, 2.24) is 4.90 Å². The van der Waals surface area contributed by atoms with Crippen LogP contribution in [0.1, 0.15) is 58.3 Å². The molecule has 2 rings (SSSR count). The fourth-order valence-electron chi connectivity index (χ4n) is 3.61. The molecular weight excluding hydrogens is 170 g/mol. The van der Waals surface area contributed by atoms with Gasteiger partial charge in [-0.1, -0.05) is 32.6 Å². The van der Waals surface area contributed by atoms with Gasteiger partial charge in [0.1, 0.15) is 0 Å². The Hall–Kier alpha value is -0.0400. The maximum Gasteiger partial charge on any atom is 0.0123 e. The Morgan fingerprint density at radius 2 is 1.71 bits per heavy atom. The van der Waals surface area contributed by atoms with Gasteiger partial charge in [-0.25, -0.2) is 0 Å². The minimum absolute atomic E-state index is 0.912. The Bertz CT molecular complexity index is 178. The molecule has 0 aromatic rings. The van der Waals surface area contributed by atoms with Gasteiger partial charge in [-0.15, -0.1) is 0 Å². The molecule has 2 aliphatic rings. The van der Waals surface area contributed by atoms with E-state index in [1.54, 1.807) is 0 Å². The molecule has 82 valence electrons. The first kappa shape index (κ1) is 10.5. The van der Waals surface area contributed by atoms with Crippen molar-refractivity contribution < 1.29 is 0 Å². The second-order valence-corrected chi connectivity index (χ2v) is 5.27. The highest BCUT2D eigenvalue weighted by molar-refractivity contribution is 4.87. The molecule has 0 saturated carbocycles. The molecule has 0 spiro atoms. The van der Waals surface area contributed by atoms with Crippen LogP contribution in [0.3, 0.4) is 0 Å². The topological polar surface area (TPSA) is 3.24 Å². The second kappa shape index (κ2) is 4.65. The molecule has 14 heavy (non-hydrogen) atoms. The van der Waals surface area contributed by atoms with Gasteiger partial charge in [-0.2, -0.15) is 0 Å². The fourth-order valence-corrected chi connectivity index (χ4v) is 3.61. The van der Waals surface area contributed by atoms with E-state index in [0.29, 0.717) is 0 Å². The van der Waals surface area contributed by atoms with E-state index >= 15 is 0 Å². The molecule has 0 aliphatic carbocycles. The maximum absolute atomic E-state index is 2.73. The average Bonchev–Trinajstić information content (AvgIpc) is 2.47. The lowest BCUT2D eigenvalue weighted by Gasteiger charge is -2.34. The van der Waals surface area contributed by atoms with Gasteiger partial charge in [0.2, 0.25) is 0 Å². The molecule has 0 unspecified atom stereocenters. The number of nitrogens with zero attached hydrogens (tertiary/aromatic N) is 1. The smallest absolute Gasteiger partial charge is 0.0123 e. The van der Waals surface area contributed by atoms with E-state index in [0.717, 1.165) is 18.0 Å². The molecule has 1 heteroatoms. The zero-order valence-electron chi connectivity index (χ0n) is 9.84. The summed E-state index contributed by atoms with van der Waals surface area (Å²) in [5.74, 6) is 0.989. The third-order valence-electron chi connectivity index (χ3n) is 4.57. The van der Waals surface area contributed by atoms with Crippen molar-refractivity contribution in [2.24, 2.45) is 5.92 Å². The molecule has 0 amide bonds. The maximum atomic E-state index is 2.73. The van der Waals surface area contributed by atoms with Gasteiger partial charge in [0.25, 0.3) is 0 Å². The summed E-state index contributed by atoms with van der Waals surface area (Å²) in [6.45, 7) is 2.38. The van der Waals surface area contributed by atoms with E-state index in [4.69, 9.17) is 0 Å². The summed E-state index contributed by atoms with van der Waals surface area (Å²) in [5, 5.41) is 0. The molecule has 2 saturated heterocycles. The van der Waals surface area contributed by atoms with Crippen molar-refractivity contribution in [3.63, 3.8) is 0 Å². The molecular formula is C13H25N. The minimum Gasteiger partial charge on any atom is -0.300 e. The van der Waals surface area contributed by atoms with Crippen LogP contribution in [-0.2, 0) is 0 Å². The first-order valence-corrected chi connectivity index (χ1v) is 6.55. The normalized spacial score (nSPS) is 40.3. The molecule has 3 atom stereocenters. The van der Waals surface area contributed by atoms with E-state index in [1.165, 1.54) is 51.4 Å². The van der Waals surface area contributed by atoms with Crippen molar-refractivity contribution in [2.45, 2.75) is 70.4 Å². The van der Waals surface area contributed by atoms with Gasteiger partial charge < -0.3 is 4.90 Å². The Morgan fingerprint density at radius 1 is 1.00 bits per heavy atom. The highest BCUT2D eigenvalue weighted by atomic mass is 15.2. The fraction of sp³-hybridized carbons (Fsp3) is 1.00. The number of rotatable bonds is 1. The first-order chi connectivity index (χ1) is 6.83. The average molecular weight is 195 g/mol. The summed E-state index contributed by atoms with van der Waals surface area (Å²) in [6.07, 6.45) is 11.7. The van der Waals surface area contributed by atoms with Crippen molar-refractivity contribution in [3.05, 3.63) is 0 Å². The summed E-state index contributed by atoms with van der Waals surface area (Å²) < 4.78 is 0. The van der Waals surface area contributed by atoms with Gasteiger partial charge in [0, 0.05) is 12.1 Å². The van der Waals surface area contributed by atoms with E-state index in [2.05, 4.69) is 18.9 Å². The van der Waals surface area contributed by atoms with Crippen molar-refractivity contribution in [1.29, 1.82) is 0 Å². The van der Waals surface area contributed by atoms with E-state index in [1.807, 2.05) is 0 Å². The molecule has 0 N–H and O–H groups in total. The Balaban J connectivity index is 2.12. The zero-order valence-corrected chi connectivity index (χ0v) is 9.84. The monoisotopic (exact) mass is 195 g/mol. The highest BCUT2D eigenvalue weighted by Crippen LogP contribution is 2.34. The summed E-state index contributed by atoms with van der Waals surface area (Å²) in [5.41, 5.74) is 0. The molecule has 2 fully saturated rings. The lowest BCUT2D eigenvalue weighted by atomic mass is 9.89. The summed E-state index contributed by atoms with van der Waals surface area (Å²) >= 11 is 0. The quantitative estimate of drug-likeness (QED) is 0.619. The highest BCUT2D eigenvalue weighted by Gasteiger charge is 2.32. The summed E-state index contributed by atoms with van der Waals surface area (Å²) in [6, 6.07) is 1.83. The van der Waals surface area contributed by atoms with Crippen LogP contribution < -0.4 is 0 Å². The van der Waals surface area contributed by atoms with E-state index < -0.39 is 0 Å². The van der Waals surface area contributed by atoms with Crippen molar-refractivity contribution >= 4 is 0 Å². The number of hydrogen-bond acceptors (Lipinski definition) is 1. The van der Waals surface area contributed by atoms with Crippen LogP contribution >= 0.6 is 0 Å². The molecule has 0 radical (unpaired) electrons. The predicted molar refractivity (Wildman–Crippen MR) is 61.4 cm³/mol. The molecule has 2 heterocycles. The van der Waals surface area contributed by atoms with Crippen LogP contribution in [0.15, 0.2) is 0 Å². The van der Waals surface area contributed by atoms with Crippen LogP contribution in [-0.4, -0.2) is 24.0 Å². The Labute approximate surface area is 88.9 Å². The Kier molecular flexibility index (Phi) is 3.48. The molecule has 2 aliphatic heterocycles. The van der Waals surface area contributed by atoms with Crippen molar-refractivity contribution in [3.8, 4) is 0 Å². The summed E-state index contributed by atoms with van der Waals surface area (Å²) in [4.78, 5) is 2.73.